The number of carbonyl (C=O) groups is 2. The molecule has 0 aliphatic rings. The van der Waals surface area contributed by atoms with Crippen LogP contribution in [0.4, 0.5) is 0 Å². The van der Waals surface area contributed by atoms with Crippen molar-refractivity contribution in [2.24, 2.45) is 0 Å². The summed E-state index contributed by atoms with van der Waals surface area (Å²) in [4.78, 5) is 25.8. The van der Waals surface area contributed by atoms with Crippen LogP contribution in [0.3, 0.4) is 0 Å². The second-order valence-electron chi connectivity index (χ2n) is 15.5. The van der Waals surface area contributed by atoms with Crippen LogP contribution in [0.2, 0.25) is 0 Å². The van der Waals surface area contributed by atoms with Gasteiger partial charge in [-0.15, -0.1) is 0 Å². The van der Waals surface area contributed by atoms with Crippen molar-refractivity contribution in [3.63, 3.8) is 0 Å². The molecule has 0 radical (unpaired) electrons. The van der Waals surface area contributed by atoms with E-state index in [4.69, 9.17) is 4.74 Å². The first kappa shape index (κ1) is 49.6. The summed E-state index contributed by atoms with van der Waals surface area (Å²) in [6.07, 6.45) is 41.3. The first-order valence-corrected chi connectivity index (χ1v) is 22.4. The molecule has 3 N–H and O–H groups in total. The molecule has 51 heavy (non-hydrogen) atoms. The maximum atomic E-state index is 13.1. The van der Waals surface area contributed by atoms with E-state index in [1.54, 1.807) is 0 Å². The lowest BCUT2D eigenvalue weighted by Crippen LogP contribution is -2.46. The Labute approximate surface area is 317 Å². The van der Waals surface area contributed by atoms with Gasteiger partial charge in [-0.05, 0) is 44.9 Å². The summed E-state index contributed by atoms with van der Waals surface area (Å²) in [7, 11) is 0. The number of unbranched alkanes of at least 4 members (excludes halogenated alkanes) is 26. The molecule has 0 fully saturated rings. The van der Waals surface area contributed by atoms with Crippen LogP contribution in [-0.4, -0.2) is 46.9 Å². The monoisotopic (exact) mass is 722 g/mol. The highest BCUT2D eigenvalue weighted by molar-refractivity contribution is 5.77. The Morgan fingerprint density at radius 3 is 1.43 bits per heavy atom. The number of nitrogens with one attached hydrogen (secondary N) is 1. The minimum Gasteiger partial charge on any atom is -0.462 e. The highest BCUT2D eigenvalue weighted by Gasteiger charge is 2.24. The molecule has 3 unspecified atom stereocenters. The van der Waals surface area contributed by atoms with Gasteiger partial charge in [0.25, 0.3) is 0 Å². The van der Waals surface area contributed by atoms with Crippen molar-refractivity contribution in [2.45, 2.75) is 257 Å². The lowest BCUT2D eigenvalue weighted by atomic mass is 10.0. The molecule has 6 nitrogen and oxygen atoms in total. The third kappa shape index (κ3) is 35.4. The van der Waals surface area contributed by atoms with E-state index in [1.165, 1.54) is 141 Å². The molecule has 0 aromatic heterocycles. The minimum atomic E-state index is -0.786. The van der Waals surface area contributed by atoms with Crippen LogP contribution in [0.15, 0.2) is 12.2 Å². The number of hydrogen-bond donors (Lipinski definition) is 3. The highest BCUT2D eigenvalue weighted by atomic mass is 16.5. The van der Waals surface area contributed by atoms with Gasteiger partial charge in [-0.25, -0.2) is 0 Å². The quantitative estimate of drug-likeness (QED) is 0.0332. The third-order valence-corrected chi connectivity index (χ3v) is 10.3. The molecule has 6 heteroatoms. The topological polar surface area (TPSA) is 95.9 Å². The van der Waals surface area contributed by atoms with Crippen LogP contribution >= 0.6 is 0 Å². The Morgan fingerprint density at radius 2 is 0.961 bits per heavy atom. The highest BCUT2D eigenvalue weighted by Crippen LogP contribution is 2.17. The molecular weight excluding hydrogens is 634 g/mol. The summed E-state index contributed by atoms with van der Waals surface area (Å²) < 4.78 is 5.86. The van der Waals surface area contributed by atoms with E-state index in [1.807, 2.05) is 0 Å². The fourth-order valence-electron chi connectivity index (χ4n) is 6.90. The fourth-order valence-corrected chi connectivity index (χ4v) is 6.90. The normalized spacial score (nSPS) is 13.4. The Morgan fingerprint density at radius 1 is 0.549 bits per heavy atom. The van der Waals surface area contributed by atoms with E-state index < -0.39 is 18.2 Å². The number of allylic oxidation sites excluding steroid dienone is 2. The number of aliphatic hydroxyl groups excluding tert-OH is 2. The van der Waals surface area contributed by atoms with Crippen LogP contribution in [0, 0.1) is 0 Å². The maximum absolute atomic E-state index is 13.1. The van der Waals surface area contributed by atoms with Gasteiger partial charge in [-0.1, -0.05) is 193 Å². The molecule has 3 atom stereocenters. The summed E-state index contributed by atoms with van der Waals surface area (Å²) in [5.74, 6) is -0.498. The molecule has 0 heterocycles. The molecule has 1 amide bonds. The molecule has 0 aromatic carbocycles. The molecular formula is C45H87NO5. The first-order chi connectivity index (χ1) is 25.0. The van der Waals surface area contributed by atoms with E-state index >= 15 is 0 Å². The van der Waals surface area contributed by atoms with Crippen LogP contribution in [0.5, 0.6) is 0 Å². The minimum absolute atomic E-state index is 0.0623. The van der Waals surface area contributed by atoms with E-state index in [0.29, 0.717) is 19.3 Å². The molecule has 0 saturated carbocycles. The first-order valence-electron chi connectivity index (χ1n) is 22.4. The van der Waals surface area contributed by atoms with Crippen molar-refractivity contribution in [3.8, 4) is 0 Å². The van der Waals surface area contributed by atoms with Gasteiger partial charge in [0.05, 0.1) is 25.2 Å². The number of aliphatic hydroxyl groups is 2. The Hall–Kier alpha value is -1.40. The van der Waals surface area contributed by atoms with Crippen molar-refractivity contribution in [2.75, 3.05) is 6.61 Å². The SMILES string of the molecule is CCCCCCCC/C=C\CCCC(CC(=O)NC(CO)C(O)CCCCCCCCCCCCCC)OC(=O)CCCCCCCCCCC. The summed E-state index contributed by atoms with van der Waals surface area (Å²) in [6, 6.07) is -0.701. The summed E-state index contributed by atoms with van der Waals surface area (Å²) >= 11 is 0. The van der Waals surface area contributed by atoms with Gasteiger partial charge in [-0.2, -0.15) is 0 Å². The van der Waals surface area contributed by atoms with E-state index in [2.05, 4.69) is 38.2 Å². The number of amides is 1. The van der Waals surface area contributed by atoms with Gasteiger partial charge in [0.1, 0.15) is 6.10 Å². The largest absolute Gasteiger partial charge is 0.462 e. The van der Waals surface area contributed by atoms with Crippen molar-refractivity contribution < 1.29 is 24.5 Å². The Bertz CT molecular complexity index is 772. The van der Waals surface area contributed by atoms with Gasteiger partial charge in [0.2, 0.25) is 5.91 Å². The van der Waals surface area contributed by atoms with Gasteiger partial charge in [-0.3, -0.25) is 9.59 Å². The van der Waals surface area contributed by atoms with Crippen LogP contribution in [0.25, 0.3) is 0 Å². The molecule has 302 valence electrons. The zero-order chi connectivity index (χ0) is 37.5. The van der Waals surface area contributed by atoms with Gasteiger partial charge in [0, 0.05) is 6.42 Å². The molecule has 0 spiro atoms. The summed E-state index contributed by atoms with van der Waals surface area (Å²) in [6.45, 7) is 6.44. The molecule has 0 aliphatic heterocycles. The van der Waals surface area contributed by atoms with Gasteiger partial charge < -0.3 is 20.3 Å². The molecule has 0 bridgehead atoms. The standard InChI is InChI=1S/C45H87NO5/c1-4-7-10-13-16-19-21-23-26-28-31-34-37-43(48)42(40-47)46-44(49)39-41(36-33-30-27-25-22-20-17-14-11-8-5-2)51-45(50)38-35-32-29-24-18-15-12-9-6-3/h25,27,41-43,47-48H,4-24,26,28-40H2,1-3H3,(H,46,49)/b27-25-. The number of rotatable bonds is 40. The van der Waals surface area contributed by atoms with Crippen molar-refractivity contribution in [1.82, 2.24) is 5.32 Å². The van der Waals surface area contributed by atoms with Gasteiger partial charge in [0.15, 0.2) is 0 Å². The van der Waals surface area contributed by atoms with Crippen LogP contribution in [-0.2, 0) is 14.3 Å². The number of carbonyl (C=O) groups excluding carboxylic acids is 2. The molecule has 0 aliphatic carbocycles. The smallest absolute Gasteiger partial charge is 0.306 e. The summed E-state index contributed by atoms with van der Waals surface area (Å²) in [5, 5.41) is 23.6. The molecule has 0 aromatic rings. The average Bonchev–Trinajstić information content (AvgIpc) is 3.12. The second-order valence-corrected chi connectivity index (χ2v) is 15.5. The Kier molecular flexibility index (Phi) is 38.7. The lowest BCUT2D eigenvalue weighted by molar-refractivity contribution is -0.151. The number of esters is 1. The maximum Gasteiger partial charge on any atom is 0.306 e. The van der Waals surface area contributed by atoms with E-state index in [-0.39, 0.29) is 24.9 Å². The van der Waals surface area contributed by atoms with E-state index in [9.17, 15) is 19.8 Å². The Balaban J connectivity index is 4.57. The van der Waals surface area contributed by atoms with E-state index in [0.717, 1.165) is 51.4 Å². The van der Waals surface area contributed by atoms with Crippen molar-refractivity contribution >= 4 is 11.9 Å². The van der Waals surface area contributed by atoms with Gasteiger partial charge >= 0.3 is 5.97 Å². The predicted molar refractivity (Wildman–Crippen MR) is 218 cm³/mol. The van der Waals surface area contributed by atoms with Crippen LogP contribution < -0.4 is 5.32 Å². The molecule has 0 rings (SSSR count). The third-order valence-electron chi connectivity index (χ3n) is 10.3. The van der Waals surface area contributed by atoms with Crippen molar-refractivity contribution in [3.05, 3.63) is 12.2 Å². The average molecular weight is 722 g/mol. The van der Waals surface area contributed by atoms with Crippen LogP contribution in [0.1, 0.15) is 239 Å². The number of ether oxygens (including phenoxy) is 1. The van der Waals surface area contributed by atoms with Crippen molar-refractivity contribution in [1.29, 1.82) is 0 Å². The zero-order valence-corrected chi connectivity index (χ0v) is 34.3. The predicted octanol–water partition coefficient (Wildman–Crippen LogP) is 12.6. The summed E-state index contributed by atoms with van der Waals surface area (Å²) in [5.41, 5.74) is 0. The number of hydrogen-bond acceptors (Lipinski definition) is 5. The second kappa shape index (κ2) is 39.8. The lowest BCUT2D eigenvalue weighted by Gasteiger charge is -2.24. The fraction of sp³-hybridized carbons (Fsp3) is 0.911. The zero-order valence-electron chi connectivity index (χ0n) is 34.3. The molecule has 0 saturated heterocycles.